The average Bonchev–Trinajstić information content (AvgIpc) is 2.43. The molecule has 0 saturated heterocycles. The fraction of sp³-hybridized carbons (Fsp3) is 0.143. The third-order valence-electron chi connectivity index (χ3n) is 2.68. The molecule has 0 aliphatic heterocycles. The Morgan fingerprint density at radius 1 is 1.38 bits per heavy atom. The molecule has 2 aromatic rings. The lowest BCUT2D eigenvalue weighted by atomic mass is 10.2. The summed E-state index contributed by atoms with van der Waals surface area (Å²) in [7, 11) is 0. The van der Waals surface area contributed by atoms with Gasteiger partial charge in [0.2, 0.25) is 0 Å². The Morgan fingerprint density at radius 2 is 2.14 bits per heavy atom. The van der Waals surface area contributed by atoms with Gasteiger partial charge in [0.15, 0.2) is 0 Å². The van der Waals surface area contributed by atoms with Gasteiger partial charge in [0.25, 0.3) is 11.7 Å². The third-order valence-corrected chi connectivity index (χ3v) is 3.41. The van der Waals surface area contributed by atoms with E-state index in [2.05, 4.69) is 10.3 Å². The molecule has 4 nitrogen and oxygen atoms in total. The van der Waals surface area contributed by atoms with E-state index in [4.69, 9.17) is 0 Å². The number of carbonyl (C=O) groups excluding carboxylic acids is 1. The van der Waals surface area contributed by atoms with Crippen molar-refractivity contribution in [2.45, 2.75) is 17.7 Å². The number of amides is 1. The van der Waals surface area contributed by atoms with Crippen molar-refractivity contribution in [3.05, 3.63) is 47.7 Å². The molecule has 0 spiro atoms. The number of aromatic hydroxyl groups is 1. The van der Waals surface area contributed by atoms with Gasteiger partial charge in [0, 0.05) is 18.0 Å². The highest BCUT2D eigenvalue weighted by atomic mass is 32.2. The van der Waals surface area contributed by atoms with Gasteiger partial charge in [0.1, 0.15) is 10.8 Å². The van der Waals surface area contributed by atoms with Crippen molar-refractivity contribution in [3.63, 3.8) is 0 Å². The summed E-state index contributed by atoms with van der Waals surface area (Å²) in [6.07, 6.45) is 1.35. The normalized spacial score (nSPS) is 10.7. The molecule has 21 heavy (non-hydrogen) atoms. The maximum atomic E-state index is 12.4. The number of nitrogens with one attached hydrogen (secondary N) is 1. The average molecular weight is 310 g/mol. The van der Waals surface area contributed by atoms with Gasteiger partial charge in [-0.3, -0.25) is 4.79 Å². The van der Waals surface area contributed by atoms with E-state index in [0.29, 0.717) is 11.3 Å². The first-order valence-corrected chi connectivity index (χ1v) is 6.86. The number of aromatic nitrogens is 1. The molecule has 0 atom stereocenters. The van der Waals surface area contributed by atoms with Gasteiger partial charge in [0.05, 0.1) is 5.56 Å². The molecule has 7 heteroatoms. The van der Waals surface area contributed by atoms with Crippen LogP contribution in [-0.2, 0) is 0 Å². The summed E-state index contributed by atoms with van der Waals surface area (Å²) in [5.74, 6) is -3.18. The van der Waals surface area contributed by atoms with Crippen LogP contribution in [0.25, 0.3) is 0 Å². The van der Waals surface area contributed by atoms with Crippen LogP contribution in [0.3, 0.4) is 0 Å². The number of carbonyl (C=O) groups is 1. The van der Waals surface area contributed by atoms with E-state index in [1.54, 1.807) is 19.1 Å². The zero-order chi connectivity index (χ0) is 15.4. The number of hydrogen-bond acceptors (Lipinski definition) is 4. The minimum atomic E-state index is -2.66. The Bertz CT molecular complexity index is 665. The van der Waals surface area contributed by atoms with Crippen LogP contribution >= 0.6 is 11.8 Å². The first kappa shape index (κ1) is 15.2. The van der Waals surface area contributed by atoms with E-state index < -0.39 is 11.7 Å². The number of anilines is 1. The SMILES string of the molecule is Cc1ccc(NC(=O)c2cccnc2SC(F)F)cc1O. The zero-order valence-corrected chi connectivity index (χ0v) is 11.8. The first-order valence-electron chi connectivity index (χ1n) is 5.98. The second-order valence-electron chi connectivity index (χ2n) is 4.19. The molecule has 0 saturated carbocycles. The lowest BCUT2D eigenvalue weighted by molar-refractivity contribution is 0.102. The molecule has 0 fully saturated rings. The van der Waals surface area contributed by atoms with E-state index in [9.17, 15) is 18.7 Å². The number of hydrogen-bond donors (Lipinski definition) is 2. The van der Waals surface area contributed by atoms with E-state index in [1.807, 2.05) is 0 Å². The number of thioether (sulfide) groups is 1. The van der Waals surface area contributed by atoms with E-state index >= 15 is 0 Å². The molecule has 0 bridgehead atoms. The van der Waals surface area contributed by atoms with E-state index in [0.717, 1.165) is 0 Å². The Morgan fingerprint density at radius 3 is 2.81 bits per heavy atom. The van der Waals surface area contributed by atoms with Gasteiger partial charge in [-0.25, -0.2) is 4.98 Å². The Labute approximate surface area is 124 Å². The van der Waals surface area contributed by atoms with Gasteiger partial charge in [-0.05, 0) is 42.4 Å². The van der Waals surface area contributed by atoms with Crippen molar-refractivity contribution in [1.82, 2.24) is 4.98 Å². The standard InChI is InChI=1S/C14H12F2N2O2S/c1-8-4-5-9(7-11(8)19)18-12(20)10-3-2-6-17-13(10)21-14(15)16/h2-7,14,19H,1H3,(H,18,20). The zero-order valence-electron chi connectivity index (χ0n) is 11.0. The predicted octanol–water partition coefficient (Wildman–Crippen LogP) is 3.66. The molecule has 1 heterocycles. The van der Waals surface area contributed by atoms with Crippen molar-refractivity contribution in [3.8, 4) is 5.75 Å². The summed E-state index contributed by atoms with van der Waals surface area (Å²) < 4.78 is 24.9. The molecule has 110 valence electrons. The van der Waals surface area contributed by atoms with E-state index in [1.165, 1.54) is 24.4 Å². The highest BCUT2D eigenvalue weighted by molar-refractivity contribution is 7.99. The molecule has 2 rings (SSSR count). The molecule has 2 N–H and O–H groups in total. The summed E-state index contributed by atoms with van der Waals surface area (Å²) in [4.78, 5) is 15.9. The first-order chi connectivity index (χ1) is 9.97. The van der Waals surface area contributed by atoms with Gasteiger partial charge in [-0.2, -0.15) is 8.78 Å². The summed E-state index contributed by atoms with van der Waals surface area (Å²) in [5, 5.41) is 12.1. The van der Waals surface area contributed by atoms with Crippen molar-refractivity contribution < 1.29 is 18.7 Å². The largest absolute Gasteiger partial charge is 0.508 e. The molecule has 1 amide bonds. The highest BCUT2D eigenvalue weighted by Crippen LogP contribution is 2.27. The maximum Gasteiger partial charge on any atom is 0.290 e. The fourth-order valence-corrected chi connectivity index (χ4v) is 2.21. The van der Waals surface area contributed by atoms with Crippen molar-refractivity contribution >= 4 is 23.4 Å². The monoisotopic (exact) mass is 310 g/mol. The number of phenols is 1. The number of halogens is 2. The quantitative estimate of drug-likeness (QED) is 0.846. The Kier molecular flexibility index (Phi) is 4.74. The van der Waals surface area contributed by atoms with Crippen molar-refractivity contribution in [2.75, 3.05) is 5.32 Å². The summed E-state index contributed by atoms with van der Waals surface area (Å²) in [5.41, 5.74) is 1.10. The summed E-state index contributed by atoms with van der Waals surface area (Å²) in [6, 6.07) is 7.56. The van der Waals surface area contributed by atoms with Crippen LogP contribution in [0, 0.1) is 6.92 Å². The molecular formula is C14H12F2N2O2S. The van der Waals surface area contributed by atoms with Gasteiger partial charge in [-0.1, -0.05) is 6.07 Å². The number of alkyl halides is 2. The predicted molar refractivity (Wildman–Crippen MR) is 76.9 cm³/mol. The minimum Gasteiger partial charge on any atom is -0.508 e. The Hall–Kier alpha value is -2.15. The second-order valence-corrected chi connectivity index (χ2v) is 5.17. The second kappa shape index (κ2) is 6.53. The van der Waals surface area contributed by atoms with Crippen molar-refractivity contribution in [1.29, 1.82) is 0 Å². The van der Waals surface area contributed by atoms with Crippen LogP contribution in [0.1, 0.15) is 15.9 Å². The van der Waals surface area contributed by atoms with Crippen LogP contribution in [0.2, 0.25) is 0 Å². The number of benzene rings is 1. The number of phenolic OH excluding ortho intramolecular Hbond substituents is 1. The highest BCUT2D eigenvalue weighted by Gasteiger charge is 2.17. The molecule has 0 unspecified atom stereocenters. The fourth-order valence-electron chi connectivity index (χ4n) is 1.63. The molecular weight excluding hydrogens is 298 g/mol. The maximum absolute atomic E-state index is 12.4. The number of nitrogens with zero attached hydrogens (tertiary/aromatic N) is 1. The topological polar surface area (TPSA) is 62.2 Å². The lowest BCUT2D eigenvalue weighted by Gasteiger charge is -2.09. The molecule has 0 aliphatic rings. The van der Waals surface area contributed by atoms with E-state index in [-0.39, 0.29) is 28.1 Å². The van der Waals surface area contributed by atoms with Crippen LogP contribution < -0.4 is 5.32 Å². The van der Waals surface area contributed by atoms with Crippen LogP contribution in [0.4, 0.5) is 14.5 Å². The Balaban J connectivity index is 2.22. The molecule has 1 aromatic heterocycles. The smallest absolute Gasteiger partial charge is 0.290 e. The van der Waals surface area contributed by atoms with Gasteiger partial charge < -0.3 is 10.4 Å². The number of aryl methyl sites for hydroxylation is 1. The molecule has 0 radical (unpaired) electrons. The van der Waals surface area contributed by atoms with Crippen LogP contribution in [-0.4, -0.2) is 21.8 Å². The number of pyridine rings is 1. The van der Waals surface area contributed by atoms with Crippen LogP contribution in [0.15, 0.2) is 41.6 Å². The molecule has 1 aromatic carbocycles. The third kappa shape index (κ3) is 3.91. The van der Waals surface area contributed by atoms with Gasteiger partial charge >= 0.3 is 0 Å². The summed E-state index contributed by atoms with van der Waals surface area (Å²) >= 11 is 0.215. The lowest BCUT2D eigenvalue weighted by Crippen LogP contribution is -2.13. The van der Waals surface area contributed by atoms with Crippen LogP contribution in [0.5, 0.6) is 5.75 Å². The van der Waals surface area contributed by atoms with Gasteiger partial charge in [-0.15, -0.1) is 0 Å². The molecule has 0 aliphatic carbocycles. The minimum absolute atomic E-state index is 0.0404. The van der Waals surface area contributed by atoms with Crippen molar-refractivity contribution in [2.24, 2.45) is 0 Å². The summed E-state index contributed by atoms with van der Waals surface area (Å²) in [6.45, 7) is 1.72. The number of rotatable bonds is 4.